The summed E-state index contributed by atoms with van der Waals surface area (Å²) < 4.78 is 15.8. The molecule has 7 heteroatoms. The van der Waals surface area contributed by atoms with E-state index in [1.807, 2.05) is 17.6 Å². The Morgan fingerprint density at radius 2 is 1.96 bits per heavy atom. The first-order chi connectivity index (χ1) is 12.6. The first kappa shape index (κ1) is 20.8. The molecule has 1 saturated heterocycles. The van der Waals surface area contributed by atoms with Crippen LogP contribution in [0.2, 0.25) is 0 Å². The van der Waals surface area contributed by atoms with Gasteiger partial charge in [0.2, 0.25) is 0 Å². The van der Waals surface area contributed by atoms with Crippen LogP contribution in [0.5, 0.6) is 0 Å². The van der Waals surface area contributed by atoms with Crippen molar-refractivity contribution in [1.29, 1.82) is 0 Å². The Hall–Kier alpha value is -1.95. The van der Waals surface area contributed by atoms with Gasteiger partial charge < -0.3 is 9.88 Å². The van der Waals surface area contributed by atoms with Gasteiger partial charge in [-0.25, -0.2) is 4.39 Å². The molecule has 0 aliphatic carbocycles. The van der Waals surface area contributed by atoms with Crippen molar-refractivity contribution in [2.24, 2.45) is 5.92 Å². The van der Waals surface area contributed by atoms with Crippen LogP contribution in [-0.2, 0) is 6.54 Å². The summed E-state index contributed by atoms with van der Waals surface area (Å²) in [6.07, 6.45) is 1.13. The molecule has 2 bridgehead atoms. The molecular weight excluding hydrogens is 400 g/mol. The maximum Gasteiger partial charge on any atom is 0.251 e. The van der Waals surface area contributed by atoms with E-state index in [4.69, 9.17) is 0 Å². The molecule has 0 saturated carbocycles. The number of hydrogen-bond donors (Lipinski definition) is 1. The number of hydrogen-bond acceptors (Lipinski definition) is 3. The molecular formula is C21H22Cl2FN3O. The van der Waals surface area contributed by atoms with Gasteiger partial charge in [0.05, 0.1) is 5.52 Å². The average Bonchev–Trinajstić information content (AvgIpc) is 2.62. The summed E-state index contributed by atoms with van der Waals surface area (Å²) in [7, 11) is 0. The van der Waals surface area contributed by atoms with E-state index in [0.29, 0.717) is 11.8 Å². The lowest BCUT2D eigenvalue weighted by molar-refractivity contribution is 0.257. The van der Waals surface area contributed by atoms with E-state index in [2.05, 4.69) is 16.4 Å². The molecule has 1 N–H and O–H groups in total. The van der Waals surface area contributed by atoms with Crippen molar-refractivity contribution in [2.45, 2.75) is 25.8 Å². The molecule has 2 aliphatic heterocycles. The number of aromatic nitrogens is 2. The van der Waals surface area contributed by atoms with Gasteiger partial charge >= 0.3 is 0 Å². The number of aryl methyl sites for hydroxylation is 1. The molecule has 0 amide bonds. The van der Waals surface area contributed by atoms with Crippen LogP contribution in [-0.4, -0.2) is 22.6 Å². The zero-order chi connectivity index (χ0) is 17.8. The third-order valence-corrected chi connectivity index (χ3v) is 5.67. The molecule has 3 aromatic rings. The number of pyridine rings is 2. The molecule has 0 spiro atoms. The lowest BCUT2D eigenvalue weighted by atomic mass is 9.83. The highest BCUT2D eigenvalue weighted by atomic mass is 35.5. The Kier molecular flexibility index (Phi) is 5.80. The van der Waals surface area contributed by atoms with Crippen LogP contribution in [0.25, 0.3) is 22.0 Å². The van der Waals surface area contributed by atoms with E-state index in [-0.39, 0.29) is 36.2 Å². The SMILES string of the molecule is Cc1cc(-c2cc3n(c(=O)c2)C[C@@H]2CNC[C@H]3C2)c2cc(F)ccc2n1.Cl.Cl. The number of fused-ring (bicyclic) bond motifs is 5. The first-order valence-corrected chi connectivity index (χ1v) is 9.11. The lowest BCUT2D eigenvalue weighted by Gasteiger charge is -2.37. The van der Waals surface area contributed by atoms with Crippen molar-refractivity contribution in [2.75, 3.05) is 13.1 Å². The predicted molar refractivity (Wildman–Crippen MR) is 114 cm³/mol. The maximum absolute atomic E-state index is 13.9. The van der Waals surface area contributed by atoms with Crippen LogP contribution < -0.4 is 10.9 Å². The topological polar surface area (TPSA) is 46.9 Å². The summed E-state index contributed by atoms with van der Waals surface area (Å²) in [4.78, 5) is 17.3. The minimum absolute atomic E-state index is 0. The number of nitrogens with zero attached hydrogens (tertiary/aromatic N) is 2. The second-order valence-electron chi connectivity index (χ2n) is 7.55. The number of rotatable bonds is 1. The predicted octanol–water partition coefficient (Wildman–Crippen LogP) is 4.06. The molecule has 148 valence electrons. The van der Waals surface area contributed by atoms with Gasteiger partial charge in [0.15, 0.2) is 0 Å². The number of piperidine rings is 1. The van der Waals surface area contributed by atoms with Gasteiger partial charge in [-0.05, 0) is 67.3 Å². The summed E-state index contributed by atoms with van der Waals surface area (Å²) in [5.74, 6) is 0.599. The standard InChI is InChI=1S/C21H20FN3O.2ClH/c1-12-4-17(18-8-16(22)2-3-19(18)24-12)14-6-20-15-5-13(9-23-10-15)11-25(20)21(26)7-14;;/h2-4,6-8,13,15,23H,5,9-11H2,1H3;2*1H/t13-,15+;;/m0../s1. The highest BCUT2D eigenvalue weighted by Crippen LogP contribution is 2.35. The van der Waals surface area contributed by atoms with Crippen molar-refractivity contribution < 1.29 is 4.39 Å². The van der Waals surface area contributed by atoms with Crippen LogP contribution in [0.4, 0.5) is 4.39 Å². The van der Waals surface area contributed by atoms with Crippen LogP contribution >= 0.6 is 24.8 Å². The second kappa shape index (κ2) is 7.82. The third-order valence-electron chi connectivity index (χ3n) is 5.67. The van der Waals surface area contributed by atoms with Crippen molar-refractivity contribution in [1.82, 2.24) is 14.9 Å². The highest BCUT2D eigenvalue weighted by Gasteiger charge is 2.31. The second-order valence-corrected chi connectivity index (χ2v) is 7.55. The fourth-order valence-corrected chi connectivity index (χ4v) is 4.53. The zero-order valence-electron chi connectivity index (χ0n) is 15.4. The largest absolute Gasteiger partial charge is 0.316 e. The fraction of sp³-hybridized carbons (Fsp3) is 0.333. The fourth-order valence-electron chi connectivity index (χ4n) is 4.53. The number of halogens is 3. The Morgan fingerprint density at radius 1 is 1.14 bits per heavy atom. The monoisotopic (exact) mass is 421 g/mol. The Labute approximate surface area is 175 Å². The number of nitrogens with one attached hydrogen (secondary N) is 1. The van der Waals surface area contributed by atoms with Gasteiger partial charge in [0.1, 0.15) is 5.82 Å². The molecule has 0 radical (unpaired) electrons. The van der Waals surface area contributed by atoms with Crippen molar-refractivity contribution >= 4 is 35.7 Å². The van der Waals surface area contributed by atoms with Gasteiger partial charge in [0.25, 0.3) is 5.56 Å². The Balaban J connectivity index is 0.00000112. The molecule has 2 aromatic heterocycles. The molecule has 2 atom stereocenters. The minimum atomic E-state index is -0.293. The smallest absolute Gasteiger partial charge is 0.251 e. The van der Waals surface area contributed by atoms with Crippen LogP contribution in [0, 0.1) is 18.7 Å². The highest BCUT2D eigenvalue weighted by molar-refractivity contribution is 5.94. The summed E-state index contributed by atoms with van der Waals surface area (Å²) in [6.45, 7) is 4.59. The van der Waals surface area contributed by atoms with Crippen LogP contribution in [0.15, 0.2) is 41.2 Å². The quantitative estimate of drug-likeness (QED) is 0.644. The molecule has 2 aliphatic rings. The van der Waals surface area contributed by atoms with Crippen molar-refractivity contribution in [3.05, 3.63) is 64.0 Å². The maximum atomic E-state index is 13.9. The van der Waals surface area contributed by atoms with Crippen molar-refractivity contribution in [3.63, 3.8) is 0 Å². The van der Waals surface area contributed by atoms with Gasteiger partial charge in [0, 0.05) is 41.8 Å². The van der Waals surface area contributed by atoms with Crippen LogP contribution in [0.1, 0.15) is 23.7 Å². The van der Waals surface area contributed by atoms with Gasteiger partial charge in [-0.3, -0.25) is 9.78 Å². The molecule has 5 rings (SSSR count). The van der Waals surface area contributed by atoms with E-state index < -0.39 is 0 Å². The van der Waals surface area contributed by atoms with Gasteiger partial charge in [-0.15, -0.1) is 24.8 Å². The third kappa shape index (κ3) is 3.43. The summed E-state index contributed by atoms with van der Waals surface area (Å²) in [6, 6.07) is 10.4. The van der Waals surface area contributed by atoms with Gasteiger partial charge in [-0.2, -0.15) is 0 Å². The van der Waals surface area contributed by atoms with Gasteiger partial charge in [-0.1, -0.05) is 0 Å². The molecule has 1 aromatic carbocycles. The van der Waals surface area contributed by atoms with E-state index >= 15 is 0 Å². The molecule has 4 nitrogen and oxygen atoms in total. The minimum Gasteiger partial charge on any atom is -0.316 e. The summed E-state index contributed by atoms with van der Waals surface area (Å²) in [5, 5.41) is 4.22. The Morgan fingerprint density at radius 3 is 2.79 bits per heavy atom. The molecule has 1 fully saturated rings. The molecule has 0 unspecified atom stereocenters. The summed E-state index contributed by atoms with van der Waals surface area (Å²) >= 11 is 0. The zero-order valence-corrected chi connectivity index (χ0v) is 17.1. The lowest BCUT2D eigenvalue weighted by Crippen LogP contribution is -2.44. The van der Waals surface area contributed by atoms with E-state index in [0.717, 1.165) is 59.5 Å². The van der Waals surface area contributed by atoms with E-state index in [1.165, 1.54) is 12.1 Å². The molecule has 28 heavy (non-hydrogen) atoms. The summed E-state index contributed by atoms with van der Waals surface area (Å²) in [5.41, 5.74) is 4.46. The number of benzene rings is 1. The van der Waals surface area contributed by atoms with Crippen molar-refractivity contribution in [3.8, 4) is 11.1 Å². The van der Waals surface area contributed by atoms with E-state index in [1.54, 1.807) is 12.1 Å². The Bertz CT molecular complexity index is 1100. The normalized spacial score (nSPS) is 20.1. The average molecular weight is 422 g/mol. The van der Waals surface area contributed by atoms with Crippen LogP contribution in [0.3, 0.4) is 0 Å². The van der Waals surface area contributed by atoms with E-state index in [9.17, 15) is 9.18 Å². The first-order valence-electron chi connectivity index (χ1n) is 9.11. The molecule has 4 heterocycles.